The highest BCUT2D eigenvalue weighted by Crippen LogP contribution is 2.04. The van der Waals surface area contributed by atoms with Gasteiger partial charge in [-0.15, -0.1) is 0 Å². The van der Waals surface area contributed by atoms with Crippen molar-refractivity contribution >= 4 is 12.0 Å². The van der Waals surface area contributed by atoms with E-state index in [1.807, 2.05) is 0 Å². The van der Waals surface area contributed by atoms with Crippen LogP contribution in [-0.4, -0.2) is 28.8 Å². The van der Waals surface area contributed by atoms with Gasteiger partial charge in [0.1, 0.15) is 11.5 Å². The van der Waals surface area contributed by atoms with E-state index in [1.165, 1.54) is 0 Å². The molecule has 1 atom stereocenters. The first-order valence-corrected chi connectivity index (χ1v) is 6.15. The number of nitrogens with zero attached hydrogens (tertiary/aromatic N) is 1. The summed E-state index contributed by atoms with van der Waals surface area (Å²) in [5, 5.41) is 17.7. The molecule has 0 bridgehead atoms. The molecule has 7 heteroatoms. The average molecular weight is 269 g/mol. The van der Waals surface area contributed by atoms with Gasteiger partial charge in [0.2, 0.25) is 0 Å². The van der Waals surface area contributed by atoms with E-state index >= 15 is 0 Å². The topological polar surface area (TPSA) is 104 Å². The molecule has 0 aromatic carbocycles. The molecule has 0 aliphatic carbocycles. The number of carbonyl (C=O) groups excluding carboxylic acids is 1. The number of urea groups is 1. The first-order chi connectivity index (χ1) is 8.99. The Morgan fingerprint density at radius 2 is 2.21 bits per heavy atom. The Bertz CT molecular complexity index is 430. The van der Waals surface area contributed by atoms with Crippen LogP contribution in [0.25, 0.3) is 0 Å². The van der Waals surface area contributed by atoms with Crippen molar-refractivity contribution in [2.75, 3.05) is 6.54 Å². The zero-order chi connectivity index (χ0) is 14.3. The largest absolute Gasteiger partial charge is 0.481 e. The van der Waals surface area contributed by atoms with E-state index in [9.17, 15) is 9.59 Å². The van der Waals surface area contributed by atoms with Crippen molar-refractivity contribution in [2.24, 2.45) is 5.92 Å². The number of rotatable bonds is 7. The van der Waals surface area contributed by atoms with Gasteiger partial charge in [-0.3, -0.25) is 4.79 Å². The van der Waals surface area contributed by atoms with Crippen LogP contribution in [0.2, 0.25) is 0 Å². The second-order valence-corrected chi connectivity index (χ2v) is 4.42. The Morgan fingerprint density at radius 1 is 1.47 bits per heavy atom. The summed E-state index contributed by atoms with van der Waals surface area (Å²) < 4.78 is 4.87. The predicted octanol–water partition coefficient (Wildman–Crippen LogP) is 1.28. The monoisotopic (exact) mass is 269 g/mol. The third-order valence-corrected chi connectivity index (χ3v) is 2.63. The van der Waals surface area contributed by atoms with Gasteiger partial charge in [0.15, 0.2) is 0 Å². The molecule has 1 aromatic rings. The zero-order valence-corrected chi connectivity index (χ0v) is 11.1. The van der Waals surface area contributed by atoms with E-state index in [0.717, 1.165) is 0 Å². The maximum Gasteiger partial charge on any atom is 0.315 e. The number of carboxylic acids is 1. The Labute approximate surface area is 111 Å². The molecule has 0 spiro atoms. The Balaban J connectivity index is 2.10. The average Bonchev–Trinajstić information content (AvgIpc) is 2.77. The predicted molar refractivity (Wildman–Crippen MR) is 67.5 cm³/mol. The molecule has 1 heterocycles. The van der Waals surface area contributed by atoms with Crippen molar-refractivity contribution in [1.29, 1.82) is 0 Å². The summed E-state index contributed by atoms with van der Waals surface area (Å²) in [6.07, 6.45) is 1.17. The lowest BCUT2D eigenvalue weighted by Crippen LogP contribution is -2.35. The van der Waals surface area contributed by atoms with E-state index in [4.69, 9.17) is 9.63 Å². The van der Waals surface area contributed by atoms with Crippen molar-refractivity contribution in [2.45, 2.75) is 33.2 Å². The number of carbonyl (C=O) groups is 2. The standard InChI is InChI=1S/C12H19N3O4/c1-8(11(16)17)4-3-5-13-12(18)14-7-10-6-9(2)19-15-10/h6,8H,3-5,7H2,1-2H3,(H,16,17)(H2,13,14,18). The fourth-order valence-electron chi connectivity index (χ4n) is 1.47. The fraction of sp³-hybridized carbons (Fsp3) is 0.583. The molecule has 0 aliphatic heterocycles. The number of amides is 2. The van der Waals surface area contributed by atoms with Gasteiger partial charge in [-0.2, -0.15) is 0 Å². The SMILES string of the molecule is Cc1cc(CNC(=O)NCCCC(C)C(=O)O)no1. The quantitative estimate of drug-likeness (QED) is 0.647. The van der Waals surface area contributed by atoms with Crippen molar-refractivity contribution in [3.05, 3.63) is 17.5 Å². The molecule has 0 radical (unpaired) electrons. The number of aryl methyl sites for hydroxylation is 1. The summed E-state index contributed by atoms with van der Waals surface area (Å²) in [6.45, 7) is 4.17. The maximum absolute atomic E-state index is 11.4. The molecule has 106 valence electrons. The minimum atomic E-state index is -0.814. The Hall–Kier alpha value is -2.05. The van der Waals surface area contributed by atoms with Crippen molar-refractivity contribution in [3.8, 4) is 0 Å². The van der Waals surface area contributed by atoms with Crippen molar-refractivity contribution in [1.82, 2.24) is 15.8 Å². The number of aromatic nitrogens is 1. The molecule has 0 fully saturated rings. The number of nitrogens with one attached hydrogen (secondary N) is 2. The van der Waals surface area contributed by atoms with E-state index in [1.54, 1.807) is 19.9 Å². The molecule has 1 unspecified atom stereocenters. The molecule has 2 amide bonds. The maximum atomic E-state index is 11.4. The van der Waals surface area contributed by atoms with E-state index in [2.05, 4.69) is 15.8 Å². The summed E-state index contributed by atoms with van der Waals surface area (Å²) in [4.78, 5) is 22.0. The van der Waals surface area contributed by atoms with Crippen LogP contribution < -0.4 is 10.6 Å². The van der Waals surface area contributed by atoms with Gasteiger partial charge in [-0.25, -0.2) is 4.79 Å². The summed E-state index contributed by atoms with van der Waals surface area (Å²) in [5.74, 6) is -0.506. The minimum absolute atomic E-state index is 0.300. The molecular weight excluding hydrogens is 250 g/mol. The van der Waals surface area contributed by atoms with Gasteiger partial charge in [-0.05, 0) is 19.8 Å². The zero-order valence-electron chi connectivity index (χ0n) is 11.1. The highest BCUT2D eigenvalue weighted by atomic mass is 16.5. The van der Waals surface area contributed by atoms with E-state index in [-0.39, 0.29) is 11.9 Å². The second kappa shape index (κ2) is 7.40. The summed E-state index contributed by atoms with van der Waals surface area (Å²) in [7, 11) is 0. The first kappa shape index (κ1) is 15.0. The fourth-order valence-corrected chi connectivity index (χ4v) is 1.47. The summed E-state index contributed by atoms with van der Waals surface area (Å²) in [5.41, 5.74) is 0.659. The molecule has 0 aliphatic rings. The molecule has 3 N–H and O–H groups in total. The van der Waals surface area contributed by atoms with Crippen LogP contribution in [0.3, 0.4) is 0 Å². The molecular formula is C12H19N3O4. The van der Waals surface area contributed by atoms with Crippen molar-refractivity contribution < 1.29 is 19.2 Å². The number of aliphatic carboxylic acids is 1. The lowest BCUT2D eigenvalue weighted by Gasteiger charge is -2.08. The van der Waals surface area contributed by atoms with Crippen LogP contribution in [0.15, 0.2) is 10.6 Å². The van der Waals surface area contributed by atoms with Crippen LogP contribution >= 0.6 is 0 Å². The van der Waals surface area contributed by atoms with E-state index in [0.29, 0.717) is 37.4 Å². The highest BCUT2D eigenvalue weighted by molar-refractivity contribution is 5.73. The van der Waals surface area contributed by atoms with E-state index < -0.39 is 5.97 Å². The molecule has 1 rings (SSSR count). The Morgan fingerprint density at radius 3 is 2.79 bits per heavy atom. The van der Waals surface area contributed by atoms with Crippen LogP contribution in [0.5, 0.6) is 0 Å². The second-order valence-electron chi connectivity index (χ2n) is 4.42. The van der Waals surface area contributed by atoms with Gasteiger partial charge >= 0.3 is 12.0 Å². The van der Waals surface area contributed by atoms with Crippen LogP contribution in [0.4, 0.5) is 4.79 Å². The number of hydrogen-bond donors (Lipinski definition) is 3. The third-order valence-electron chi connectivity index (χ3n) is 2.63. The van der Waals surface area contributed by atoms with Gasteiger partial charge in [0.25, 0.3) is 0 Å². The third kappa shape index (κ3) is 5.89. The van der Waals surface area contributed by atoms with Gasteiger partial charge in [0.05, 0.1) is 12.5 Å². The first-order valence-electron chi connectivity index (χ1n) is 6.15. The molecule has 0 saturated carbocycles. The summed E-state index contributed by atoms with van der Waals surface area (Å²) in [6, 6.07) is 1.44. The number of hydrogen-bond acceptors (Lipinski definition) is 4. The highest BCUT2D eigenvalue weighted by Gasteiger charge is 2.10. The van der Waals surface area contributed by atoms with Gasteiger partial charge < -0.3 is 20.3 Å². The molecule has 0 saturated heterocycles. The van der Waals surface area contributed by atoms with Crippen molar-refractivity contribution in [3.63, 3.8) is 0 Å². The van der Waals surface area contributed by atoms with Gasteiger partial charge in [-0.1, -0.05) is 12.1 Å². The smallest absolute Gasteiger partial charge is 0.315 e. The molecule has 1 aromatic heterocycles. The normalized spacial score (nSPS) is 11.9. The minimum Gasteiger partial charge on any atom is -0.481 e. The van der Waals surface area contributed by atoms with Crippen LogP contribution in [0, 0.1) is 12.8 Å². The molecule has 19 heavy (non-hydrogen) atoms. The van der Waals surface area contributed by atoms with Crippen LogP contribution in [-0.2, 0) is 11.3 Å². The lowest BCUT2D eigenvalue weighted by molar-refractivity contribution is -0.141. The lowest BCUT2D eigenvalue weighted by atomic mass is 10.1. The van der Waals surface area contributed by atoms with Gasteiger partial charge in [0, 0.05) is 12.6 Å². The van der Waals surface area contributed by atoms with Crippen LogP contribution in [0.1, 0.15) is 31.2 Å². The Kier molecular flexibility index (Phi) is 5.84. The summed E-state index contributed by atoms with van der Waals surface area (Å²) >= 11 is 0. The number of carboxylic acid groups (broad SMARTS) is 1. The molecule has 7 nitrogen and oxygen atoms in total.